The zero-order chi connectivity index (χ0) is 15.5. The molecular weight excluding hydrogens is 304 g/mol. The number of carbonyl (C=O) groups is 1. The average molecular weight is 315 g/mol. The highest BCUT2D eigenvalue weighted by atomic mass is 35.5. The molecule has 0 aliphatic heterocycles. The maximum atomic E-state index is 12.4. The first-order valence-corrected chi connectivity index (χ1v) is 6.83. The fourth-order valence-electron chi connectivity index (χ4n) is 2.06. The summed E-state index contributed by atoms with van der Waals surface area (Å²) in [5.41, 5.74) is 0.931. The van der Waals surface area contributed by atoms with Gasteiger partial charge in [0.1, 0.15) is 11.1 Å². The van der Waals surface area contributed by atoms with Crippen molar-refractivity contribution in [2.45, 2.75) is 0 Å². The van der Waals surface area contributed by atoms with Crippen molar-refractivity contribution in [2.75, 3.05) is 5.32 Å². The Morgan fingerprint density at radius 2 is 1.86 bits per heavy atom. The van der Waals surface area contributed by atoms with E-state index >= 15 is 0 Å². The van der Waals surface area contributed by atoms with E-state index in [9.17, 15) is 4.79 Å². The lowest BCUT2D eigenvalue weighted by atomic mass is 10.1. The highest BCUT2D eigenvalue weighted by Crippen LogP contribution is 2.21. The summed E-state index contributed by atoms with van der Waals surface area (Å²) >= 11 is 6.01. The summed E-state index contributed by atoms with van der Waals surface area (Å²) < 4.78 is 5.42. The average Bonchev–Trinajstić information content (AvgIpc) is 2.55. The van der Waals surface area contributed by atoms with Crippen LogP contribution < -0.4 is 10.9 Å². The molecule has 2 N–H and O–H groups in total. The first kappa shape index (κ1) is 14.2. The summed E-state index contributed by atoms with van der Waals surface area (Å²) in [7, 11) is 0. The van der Waals surface area contributed by atoms with Crippen molar-refractivity contribution >= 4 is 34.2 Å². The van der Waals surface area contributed by atoms with E-state index in [2.05, 4.69) is 10.5 Å². The molecule has 5 nitrogen and oxygen atoms in total. The van der Waals surface area contributed by atoms with Gasteiger partial charge >= 0.3 is 0 Å². The van der Waals surface area contributed by atoms with Crippen molar-refractivity contribution in [1.29, 1.82) is 0 Å². The molecule has 3 aromatic rings. The van der Waals surface area contributed by atoms with Gasteiger partial charge in [0.25, 0.3) is 11.5 Å². The van der Waals surface area contributed by atoms with Gasteiger partial charge < -0.3 is 14.9 Å². The van der Waals surface area contributed by atoms with Crippen molar-refractivity contribution < 1.29 is 14.4 Å². The second-order valence-electron chi connectivity index (χ2n) is 4.54. The van der Waals surface area contributed by atoms with Gasteiger partial charge in [0.15, 0.2) is 0 Å². The molecule has 110 valence electrons. The molecule has 1 aromatic heterocycles. The minimum Gasteiger partial charge on any atom is -0.435 e. The number of nitrogens with zero attached hydrogens (tertiary/aromatic N) is 1. The molecule has 0 aliphatic carbocycles. The van der Waals surface area contributed by atoms with E-state index in [0.717, 1.165) is 5.39 Å². The minimum atomic E-state index is -0.476. The molecule has 0 saturated carbocycles. The molecule has 0 unspecified atom stereocenters. The van der Waals surface area contributed by atoms with E-state index in [1.165, 1.54) is 0 Å². The normalized spacial score (nSPS) is 11.6. The van der Waals surface area contributed by atoms with Crippen LogP contribution in [-0.4, -0.2) is 11.1 Å². The first-order valence-electron chi connectivity index (χ1n) is 6.46. The van der Waals surface area contributed by atoms with Crippen LogP contribution in [-0.2, 0) is 0 Å². The van der Waals surface area contributed by atoms with Crippen molar-refractivity contribution in [3.63, 3.8) is 0 Å². The van der Waals surface area contributed by atoms with Crippen molar-refractivity contribution in [1.82, 2.24) is 0 Å². The lowest BCUT2D eigenvalue weighted by Gasteiger charge is -2.07. The summed E-state index contributed by atoms with van der Waals surface area (Å²) in [5.74, 6) is -0.476. The van der Waals surface area contributed by atoms with Crippen LogP contribution >= 0.6 is 11.6 Å². The van der Waals surface area contributed by atoms with Gasteiger partial charge in [-0.1, -0.05) is 41.9 Å². The van der Waals surface area contributed by atoms with Gasteiger partial charge in [-0.3, -0.25) is 4.79 Å². The monoisotopic (exact) mass is 314 g/mol. The Bertz CT molecular complexity index is 918. The Balaban J connectivity index is 2.05. The lowest BCUT2D eigenvalue weighted by Crippen LogP contribution is -2.21. The molecule has 0 bridgehead atoms. The zero-order valence-electron chi connectivity index (χ0n) is 11.3. The quantitative estimate of drug-likeness (QED) is 0.560. The number of anilines is 1. The number of halogens is 1. The number of rotatable bonds is 2. The Kier molecular flexibility index (Phi) is 3.80. The minimum absolute atomic E-state index is 0.112. The number of benzene rings is 2. The van der Waals surface area contributed by atoms with Crippen LogP contribution in [0, 0.1) is 0 Å². The largest absolute Gasteiger partial charge is 0.435 e. The molecule has 0 radical (unpaired) electrons. The molecule has 22 heavy (non-hydrogen) atoms. The SMILES string of the molecule is O=C(Nc1ccccc1Cl)c1cc2ccccc2o/c1=N/O. The summed E-state index contributed by atoms with van der Waals surface area (Å²) in [6.45, 7) is 0. The summed E-state index contributed by atoms with van der Waals surface area (Å²) in [6, 6.07) is 15.6. The molecule has 0 saturated heterocycles. The fraction of sp³-hybridized carbons (Fsp3) is 0. The Labute approximate surface area is 130 Å². The van der Waals surface area contributed by atoms with Gasteiger partial charge in [-0.05, 0) is 29.4 Å². The van der Waals surface area contributed by atoms with E-state index in [0.29, 0.717) is 16.3 Å². The van der Waals surface area contributed by atoms with Gasteiger partial charge in [0.05, 0.1) is 10.7 Å². The number of hydrogen-bond acceptors (Lipinski definition) is 4. The maximum Gasteiger partial charge on any atom is 0.268 e. The van der Waals surface area contributed by atoms with Crippen LogP contribution in [0.2, 0.25) is 5.02 Å². The van der Waals surface area contributed by atoms with Crippen LogP contribution in [0.15, 0.2) is 64.2 Å². The number of fused-ring (bicyclic) bond motifs is 1. The third-order valence-electron chi connectivity index (χ3n) is 3.11. The molecule has 0 aliphatic rings. The van der Waals surface area contributed by atoms with Crippen LogP contribution in [0.4, 0.5) is 5.69 Å². The van der Waals surface area contributed by atoms with E-state index in [1.807, 2.05) is 6.07 Å². The summed E-state index contributed by atoms with van der Waals surface area (Å²) in [6.07, 6.45) is 0. The lowest BCUT2D eigenvalue weighted by molar-refractivity contribution is 0.102. The Hall–Kier alpha value is -2.79. The van der Waals surface area contributed by atoms with Crippen LogP contribution in [0.5, 0.6) is 0 Å². The first-order chi connectivity index (χ1) is 10.7. The summed E-state index contributed by atoms with van der Waals surface area (Å²) in [5, 5.41) is 15.9. The van der Waals surface area contributed by atoms with Gasteiger partial charge in [0, 0.05) is 5.39 Å². The van der Waals surface area contributed by atoms with Gasteiger partial charge in [-0.15, -0.1) is 0 Å². The molecule has 1 heterocycles. The molecular formula is C16H11ClN2O3. The van der Waals surface area contributed by atoms with Gasteiger partial charge in [0.2, 0.25) is 0 Å². The topological polar surface area (TPSA) is 74.8 Å². The second-order valence-corrected chi connectivity index (χ2v) is 4.94. The van der Waals surface area contributed by atoms with Gasteiger partial charge in [-0.25, -0.2) is 0 Å². The standard InChI is InChI=1S/C16H11ClN2O3/c17-12-6-2-3-7-13(12)18-15(20)11-9-10-5-1-4-8-14(10)22-16(11)19-21/h1-9,21H,(H,18,20)/b19-16+. The number of nitrogens with one attached hydrogen (secondary N) is 1. The molecule has 1 amide bonds. The van der Waals surface area contributed by atoms with Crippen molar-refractivity contribution in [2.24, 2.45) is 5.16 Å². The van der Waals surface area contributed by atoms with Gasteiger partial charge in [-0.2, -0.15) is 0 Å². The van der Waals surface area contributed by atoms with Crippen LogP contribution in [0.1, 0.15) is 10.4 Å². The van der Waals surface area contributed by atoms with Crippen molar-refractivity contribution in [3.8, 4) is 0 Å². The van der Waals surface area contributed by atoms with Crippen LogP contribution in [0.25, 0.3) is 11.0 Å². The van der Waals surface area contributed by atoms with E-state index in [-0.39, 0.29) is 11.1 Å². The molecule has 3 rings (SSSR count). The molecule has 0 fully saturated rings. The Morgan fingerprint density at radius 3 is 2.64 bits per heavy atom. The van der Waals surface area contributed by atoms with Crippen molar-refractivity contribution in [3.05, 3.63) is 70.7 Å². The second kappa shape index (κ2) is 5.91. The van der Waals surface area contributed by atoms with E-state index in [1.54, 1.807) is 48.5 Å². The zero-order valence-corrected chi connectivity index (χ0v) is 12.0. The van der Waals surface area contributed by atoms with Crippen LogP contribution in [0.3, 0.4) is 0 Å². The number of amides is 1. The molecule has 2 aromatic carbocycles. The fourth-order valence-corrected chi connectivity index (χ4v) is 2.24. The third-order valence-corrected chi connectivity index (χ3v) is 3.44. The highest BCUT2D eigenvalue weighted by Gasteiger charge is 2.14. The maximum absolute atomic E-state index is 12.4. The van der Waals surface area contributed by atoms with E-state index < -0.39 is 5.91 Å². The smallest absolute Gasteiger partial charge is 0.268 e. The highest BCUT2D eigenvalue weighted by molar-refractivity contribution is 6.33. The number of para-hydroxylation sites is 2. The molecule has 0 atom stereocenters. The molecule has 6 heteroatoms. The third kappa shape index (κ3) is 2.66. The van der Waals surface area contributed by atoms with E-state index in [4.69, 9.17) is 21.2 Å². The number of carbonyl (C=O) groups excluding carboxylic acids is 1. The number of hydrogen-bond donors (Lipinski definition) is 2. The predicted molar refractivity (Wildman–Crippen MR) is 83.0 cm³/mol. The molecule has 0 spiro atoms. The summed E-state index contributed by atoms with van der Waals surface area (Å²) in [4.78, 5) is 12.4. The predicted octanol–water partition coefficient (Wildman–Crippen LogP) is 3.63. The Morgan fingerprint density at radius 1 is 1.14 bits per heavy atom.